The smallest absolute Gasteiger partial charge is 0.462 e. The molecule has 0 aliphatic carbocycles. The highest BCUT2D eigenvalue weighted by Crippen LogP contribution is 2.43. The number of likely N-dealkylation sites (N-methyl/N-ethyl adjacent to an activating group) is 1. The van der Waals surface area contributed by atoms with Gasteiger partial charge in [0, 0.05) is 12.8 Å². The maximum Gasteiger partial charge on any atom is 0.472 e. The molecule has 0 rings (SSSR count). The van der Waals surface area contributed by atoms with Gasteiger partial charge < -0.3 is 18.9 Å². The summed E-state index contributed by atoms with van der Waals surface area (Å²) in [6.45, 7) is 4.34. The summed E-state index contributed by atoms with van der Waals surface area (Å²) in [5.74, 6) is -0.792. The molecule has 508 valence electrons. The summed E-state index contributed by atoms with van der Waals surface area (Å²) < 4.78 is 34.8. The third kappa shape index (κ3) is 71.7. The fraction of sp³-hybridized carbons (Fsp3) is 0.744. The van der Waals surface area contributed by atoms with E-state index in [1.165, 1.54) is 199 Å². The van der Waals surface area contributed by atoms with E-state index in [1.54, 1.807) is 0 Å². The van der Waals surface area contributed by atoms with Gasteiger partial charge in [0.15, 0.2) is 6.10 Å². The minimum atomic E-state index is -4.40. The first-order valence-corrected chi connectivity index (χ1v) is 38.1. The summed E-state index contributed by atoms with van der Waals surface area (Å²) in [7, 11) is 1.48. The van der Waals surface area contributed by atoms with Crippen molar-refractivity contribution in [3.05, 3.63) is 109 Å². The number of ether oxygens (including phenoxy) is 2. The van der Waals surface area contributed by atoms with Crippen molar-refractivity contribution in [2.45, 2.75) is 328 Å². The maximum absolute atomic E-state index is 12.9. The molecule has 0 aromatic heterocycles. The highest BCUT2D eigenvalue weighted by molar-refractivity contribution is 7.47. The van der Waals surface area contributed by atoms with Crippen molar-refractivity contribution in [3.8, 4) is 0 Å². The third-order valence-corrected chi connectivity index (χ3v) is 16.8. The molecule has 10 heteroatoms. The van der Waals surface area contributed by atoms with Gasteiger partial charge in [-0.2, -0.15) is 0 Å². The number of nitrogens with zero attached hydrogens (tertiary/aromatic N) is 1. The number of phosphoric acid groups is 1. The first-order chi connectivity index (χ1) is 43.0. The molecular weight excluding hydrogens is 1110 g/mol. The van der Waals surface area contributed by atoms with Crippen LogP contribution in [0.2, 0.25) is 0 Å². The number of carbonyl (C=O) groups excluding carboxylic acids is 2. The molecule has 0 aromatic rings. The standard InChI is InChI=1S/C78H138NO8P/c1-6-8-10-12-14-16-18-20-22-24-26-28-30-32-34-36-38-39-41-42-44-46-48-50-52-54-56-58-60-62-64-66-68-70-77(80)84-74-76(75-86-88(82,83)85-73-72-79(3,4)5)87-78(81)71-69-67-65-63-61-59-57-55-53-51-49-47-45-43-40-37-35-33-31-29-27-25-23-21-19-17-15-13-11-9-7-2/h9,11,15,17-18,20-21,23-24,26-27,29-30,32-33,35,40,43,76H,6-8,10,12-14,16,19,22,25,28,31,34,36-39,41-42,44-75H2,1-5H3/p+1/b11-9-,17-15-,20-18-,23-21-,26-24-,29-27-,32-30-,35-33-,43-40-. The number of rotatable bonds is 67. The zero-order valence-electron chi connectivity index (χ0n) is 57.9. The number of hydrogen-bond donors (Lipinski definition) is 1. The molecule has 0 saturated heterocycles. The van der Waals surface area contributed by atoms with Gasteiger partial charge in [-0.15, -0.1) is 0 Å². The fourth-order valence-electron chi connectivity index (χ4n) is 10.2. The van der Waals surface area contributed by atoms with Crippen molar-refractivity contribution in [3.63, 3.8) is 0 Å². The molecule has 1 N–H and O–H groups in total. The summed E-state index contributed by atoms with van der Waals surface area (Å²) in [4.78, 5) is 35.9. The second-order valence-corrected chi connectivity index (χ2v) is 27.0. The van der Waals surface area contributed by atoms with E-state index in [0.717, 1.165) is 89.9 Å². The number of esters is 2. The predicted molar refractivity (Wildman–Crippen MR) is 381 cm³/mol. The molecule has 0 aromatic carbocycles. The summed E-state index contributed by atoms with van der Waals surface area (Å²) in [5.41, 5.74) is 0. The number of hydrogen-bond acceptors (Lipinski definition) is 7. The number of quaternary nitrogens is 1. The van der Waals surface area contributed by atoms with Crippen molar-refractivity contribution >= 4 is 19.8 Å². The van der Waals surface area contributed by atoms with Crippen LogP contribution in [0.15, 0.2) is 109 Å². The molecule has 88 heavy (non-hydrogen) atoms. The minimum absolute atomic E-state index is 0.0283. The summed E-state index contributed by atoms with van der Waals surface area (Å²) >= 11 is 0. The van der Waals surface area contributed by atoms with E-state index in [0.29, 0.717) is 17.4 Å². The van der Waals surface area contributed by atoms with Crippen molar-refractivity contribution in [1.29, 1.82) is 0 Å². The molecule has 0 spiro atoms. The number of unbranched alkanes of at least 4 members (excludes halogenated alkanes) is 35. The van der Waals surface area contributed by atoms with Crippen LogP contribution < -0.4 is 0 Å². The number of phosphoric ester groups is 1. The predicted octanol–water partition coefficient (Wildman–Crippen LogP) is 24.1. The number of carbonyl (C=O) groups is 2. The Morgan fingerprint density at radius 2 is 0.648 bits per heavy atom. The van der Waals surface area contributed by atoms with Crippen LogP contribution in [-0.4, -0.2) is 74.9 Å². The summed E-state index contributed by atoms with van der Waals surface area (Å²) in [6, 6.07) is 0. The average molecular weight is 1250 g/mol. The SMILES string of the molecule is CC/C=C\C/C=C\C/C=C\C/C=C\C/C=C\C/C=C\CCCCCCCCCCCCCCC(=O)OC(COC(=O)CCCCCCCCCCCCCCCCCCCC/C=C\C/C=C\C/C=C\CCCCCCC)COP(=O)(O)OCC[N+](C)(C)C. The molecule has 0 aliphatic rings. The highest BCUT2D eigenvalue weighted by atomic mass is 31.2. The molecule has 0 bridgehead atoms. The van der Waals surface area contributed by atoms with Crippen molar-refractivity contribution in [2.75, 3.05) is 47.5 Å². The Morgan fingerprint density at radius 1 is 0.364 bits per heavy atom. The van der Waals surface area contributed by atoms with Gasteiger partial charge in [0.1, 0.15) is 19.8 Å². The highest BCUT2D eigenvalue weighted by Gasteiger charge is 2.27. The van der Waals surface area contributed by atoms with Gasteiger partial charge in [0.2, 0.25) is 0 Å². The normalized spacial score (nSPS) is 13.8. The van der Waals surface area contributed by atoms with E-state index in [9.17, 15) is 19.0 Å². The zero-order chi connectivity index (χ0) is 64.1. The van der Waals surface area contributed by atoms with E-state index in [-0.39, 0.29) is 32.0 Å². The van der Waals surface area contributed by atoms with E-state index in [4.69, 9.17) is 18.5 Å². The first kappa shape index (κ1) is 84.7. The molecule has 0 aliphatic heterocycles. The van der Waals surface area contributed by atoms with Crippen molar-refractivity contribution in [2.24, 2.45) is 0 Å². The van der Waals surface area contributed by atoms with E-state index in [2.05, 4.69) is 123 Å². The largest absolute Gasteiger partial charge is 0.472 e. The van der Waals surface area contributed by atoms with Gasteiger partial charge in [-0.05, 0) is 103 Å². The lowest BCUT2D eigenvalue weighted by molar-refractivity contribution is -0.870. The van der Waals surface area contributed by atoms with E-state index in [1.807, 2.05) is 21.1 Å². The van der Waals surface area contributed by atoms with Gasteiger partial charge in [0.05, 0.1) is 27.7 Å². The van der Waals surface area contributed by atoms with Crippen LogP contribution in [0.5, 0.6) is 0 Å². The Bertz CT molecular complexity index is 1850. The van der Waals surface area contributed by atoms with Crippen LogP contribution in [0, 0.1) is 0 Å². The second kappa shape index (κ2) is 68.0. The van der Waals surface area contributed by atoms with Gasteiger partial charge in [-0.25, -0.2) is 4.57 Å². The number of allylic oxidation sites excluding steroid dienone is 18. The maximum atomic E-state index is 12.9. The zero-order valence-corrected chi connectivity index (χ0v) is 58.8. The molecular formula is C78H139NO8P+. The Kier molecular flexibility index (Phi) is 65.5. The lowest BCUT2D eigenvalue weighted by Crippen LogP contribution is -2.37. The lowest BCUT2D eigenvalue weighted by atomic mass is 10.0. The quantitative estimate of drug-likeness (QED) is 0.0211. The summed E-state index contributed by atoms with van der Waals surface area (Å²) in [6.07, 6.45) is 96.3. The monoisotopic (exact) mass is 1250 g/mol. The van der Waals surface area contributed by atoms with E-state index < -0.39 is 26.5 Å². The third-order valence-electron chi connectivity index (χ3n) is 15.8. The van der Waals surface area contributed by atoms with Crippen LogP contribution in [0.25, 0.3) is 0 Å². The molecule has 0 radical (unpaired) electrons. The second-order valence-electron chi connectivity index (χ2n) is 25.6. The molecule has 0 fully saturated rings. The van der Waals surface area contributed by atoms with Crippen LogP contribution in [0.4, 0.5) is 0 Å². The Hall–Kier alpha value is -3.33. The van der Waals surface area contributed by atoms with Gasteiger partial charge >= 0.3 is 19.8 Å². The Morgan fingerprint density at radius 3 is 0.966 bits per heavy atom. The fourth-order valence-corrected chi connectivity index (χ4v) is 10.9. The van der Waals surface area contributed by atoms with Gasteiger partial charge in [0.25, 0.3) is 0 Å². The Labute approximate surface area is 544 Å². The Balaban J connectivity index is 4.03. The topological polar surface area (TPSA) is 108 Å². The van der Waals surface area contributed by atoms with Crippen LogP contribution in [-0.2, 0) is 32.7 Å². The van der Waals surface area contributed by atoms with Crippen LogP contribution in [0.1, 0.15) is 322 Å². The molecule has 0 heterocycles. The molecule has 0 saturated carbocycles. The van der Waals surface area contributed by atoms with Crippen molar-refractivity contribution in [1.82, 2.24) is 0 Å². The minimum Gasteiger partial charge on any atom is -0.462 e. The molecule has 2 atom stereocenters. The lowest BCUT2D eigenvalue weighted by Gasteiger charge is -2.24. The van der Waals surface area contributed by atoms with E-state index >= 15 is 0 Å². The summed E-state index contributed by atoms with van der Waals surface area (Å²) in [5, 5.41) is 0. The van der Waals surface area contributed by atoms with Crippen LogP contribution >= 0.6 is 7.82 Å². The van der Waals surface area contributed by atoms with Crippen LogP contribution in [0.3, 0.4) is 0 Å². The molecule has 9 nitrogen and oxygen atoms in total. The molecule has 2 unspecified atom stereocenters. The average Bonchev–Trinajstić information content (AvgIpc) is 3.68. The first-order valence-electron chi connectivity index (χ1n) is 36.6. The van der Waals surface area contributed by atoms with Crippen molar-refractivity contribution < 1.29 is 42.1 Å². The van der Waals surface area contributed by atoms with Gasteiger partial charge in [-0.3, -0.25) is 18.6 Å². The van der Waals surface area contributed by atoms with Gasteiger partial charge in [-0.1, -0.05) is 316 Å². The molecule has 0 amide bonds.